The number of nitrogens with one attached hydrogen (secondary N) is 1. The molecule has 1 spiro atoms. The van der Waals surface area contributed by atoms with Crippen molar-refractivity contribution >= 4 is 26.8 Å². The maximum atomic E-state index is 13.8. The lowest BCUT2D eigenvalue weighted by Crippen LogP contribution is -2.31. The summed E-state index contributed by atoms with van der Waals surface area (Å²) in [6, 6.07) is 10.3. The van der Waals surface area contributed by atoms with Crippen molar-refractivity contribution in [3.05, 3.63) is 71.7 Å². The number of anilines is 1. The van der Waals surface area contributed by atoms with Gasteiger partial charge in [0.1, 0.15) is 5.82 Å². The third kappa shape index (κ3) is 4.17. The topological polar surface area (TPSA) is 62.1 Å². The van der Waals surface area contributed by atoms with Gasteiger partial charge in [-0.3, -0.25) is 9.71 Å². The number of aromatic nitrogens is 1. The summed E-state index contributed by atoms with van der Waals surface area (Å²) >= 11 is 0. The highest BCUT2D eigenvalue weighted by Gasteiger charge is 2.59. The molecule has 1 aromatic heterocycles. The largest absolute Gasteiger partial charge is 0.416 e. The van der Waals surface area contributed by atoms with E-state index in [1.54, 1.807) is 12.3 Å². The molecule has 2 aromatic carbocycles. The third-order valence-electron chi connectivity index (χ3n) is 6.71. The second-order valence-corrected chi connectivity index (χ2v) is 10.3. The fraction of sp³-hybridized carbons (Fsp3) is 0.348. The van der Waals surface area contributed by atoms with Gasteiger partial charge >= 0.3 is 16.4 Å². The van der Waals surface area contributed by atoms with Gasteiger partial charge in [0.2, 0.25) is 0 Å². The Labute approximate surface area is 188 Å². The Morgan fingerprint density at radius 1 is 1.03 bits per heavy atom. The second kappa shape index (κ2) is 7.66. The van der Waals surface area contributed by atoms with E-state index >= 15 is 0 Å². The van der Waals surface area contributed by atoms with Crippen molar-refractivity contribution in [1.29, 1.82) is 0 Å². The Kier molecular flexibility index (Phi) is 5.13. The van der Waals surface area contributed by atoms with Crippen LogP contribution in [0, 0.1) is 5.82 Å². The number of hydrogen-bond acceptors (Lipinski definition) is 3. The van der Waals surface area contributed by atoms with Crippen LogP contribution in [0.1, 0.15) is 42.7 Å². The molecule has 1 atom stereocenters. The molecule has 2 aliphatic rings. The molecule has 10 heteroatoms. The molecule has 174 valence electrons. The lowest BCUT2D eigenvalue weighted by molar-refractivity contribution is -0.137. The maximum absolute atomic E-state index is 13.8. The summed E-state index contributed by atoms with van der Waals surface area (Å²) in [4.78, 5) is 4.30. The molecule has 5 rings (SSSR count). The van der Waals surface area contributed by atoms with E-state index in [0.29, 0.717) is 19.4 Å². The first-order valence-corrected chi connectivity index (χ1v) is 12.0. The molecule has 1 saturated heterocycles. The Balaban J connectivity index is 1.27. The van der Waals surface area contributed by atoms with Crippen LogP contribution in [0.25, 0.3) is 10.9 Å². The summed E-state index contributed by atoms with van der Waals surface area (Å²) in [5, 5.41) is 0.780. The van der Waals surface area contributed by atoms with E-state index in [9.17, 15) is 26.0 Å². The zero-order chi connectivity index (χ0) is 23.4. The van der Waals surface area contributed by atoms with Crippen molar-refractivity contribution < 1.29 is 26.0 Å². The molecule has 0 amide bonds. The minimum atomic E-state index is -4.48. The van der Waals surface area contributed by atoms with Crippen LogP contribution < -0.4 is 4.72 Å². The fourth-order valence-electron chi connectivity index (χ4n) is 4.87. The van der Waals surface area contributed by atoms with Gasteiger partial charge in [0.25, 0.3) is 0 Å². The number of hydrogen-bond donors (Lipinski definition) is 1. The molecule has 2 fully saturated rings. The summed E-state index contributed by atoms with van der Waals surface area (Å²) < 4.78 is 81.4. The molecular weight excluding hydrogens is 458 g/mol. The lowest BCUT2D eigenvalue weighted by Gasteiger charge is -2.30. The normalized spacial score (nSPS) is 25.3. The van der Waals surface area contributed by atoms with Crippen LogP contribution in [-0.4, -0.2) is 29.8 Å². The molecule has 1 aliphatic carbocycles. The number of pyridine rings is 1. The summed E-state index contributed by atoms with van der Waals surface area (Å²) in [5.41, 5.74) is 0.528. The predicted octanol–water partition coefficient (Wildman–Crippen LogP) is 5.46. The molecule has 1 unspecified atom stereocenters. The van der Waals surface area contributed by atoms with E-state index < -0.39 is 27.5 Å². The van der Waals surface area contributed by atoms with Crippen molar-refractivity contribution in [2.24, 2.45) is 0 Å². The quantitative estimate of drug-likeness (QED) is 0.399. The van der Waals surface area contributed by atoms with E-state index in [1.807, 2.05) is 6.07 Å². The molecule has 1 aliphatic heterocycles. The number of rotatable bonds is 4. The Morgan fingerprint density at radius 2 is 1.73 bits per heavy atom. The zero-order valence-electron chi connectivity index (χ0n) is 17.4. The van der Waals surface area contributed by atoms with Crippen LogP contribution in [0.2, 0.25) is 0 Å². The first-order valence-electron chi connectivity index (χ1n) is 10.6. The molecule has 3 aromatic rings. The highest BCUT2D eigenvalue weighted by Crippen LogP contribution is 2.51. The SMILES string of the molecule is O=S(=O)(Nc1ccc(C(F)(F)F)cc1)N1CC12CCC(c1ccnc3ccc(F)cc13)CC2. The van der Waals surface area contributed by atoms with Gasteiger partial charge in [0.05, 0.1) is 16.6 Å². The first-order chi connectivity index (χ1) is 15.6. The van der Waals surface area contributed by atoms with Crippen LogP contribution in [0.3, 0.4) is 0 Å². The molecule has 0 bridgehead atoms. The highest BCUT2D eigenvalue weighted by molar-refractivity contribution is 7.90. The van der Waals surface area contributed by atoms with Crippen molar-refractivity contribution in [1.82, 2.24) is 9.29 Å². The lowest BCUT2D eigenvalue weighted by atomic mass is 9.77. The molecule has 1 N–H and O–H groups in total. The molecule has 2 heterocycles. The molecule has 1 saturated carbocycles. The second-order valence-electron chi connectivity index (χ2n) is 8.75. The maximum Gasteiger partial charge on any atom is 0.416 e. The van der Waals surface area contributed by atoms with Gasteiger partial charge in [0, 0.05) is 23.8 Å². The molecule has 33 heavy (non-hydrogen) atoms. The van der Waals surface area contributed by atoms with Crippen LogP contribution in [-0.2, 0) is 16.4 Å². The molecular formula is C23H21F4N3O2S. The monoisotopic (exact) mass is 479 g/mol. The summed E-state index contributed by atoms with van der Waals surface area (Å²) in [7, 11) is -3.88. The Morgan fingerprint density at radius 3 is 2.39 bits per heavy atom. The number of halogens is 4. The third-order valence-corrected chi connectivity index (χ3v) is 8.30. The van der Waals surface area contributed by atoms with E-state index in [-0.39, 0.29) is 17.4 Å². The van der Waals surface area contributed by atoms with Gasteiger partial charge in [-0.1, -0.05) is 0 Å². The average molecular weight is 479 g/mol. The average Bonchev–Trinajstić information content (AvgIpc) is 3.48. The van der Waals surface area contributed by atoms with E-state index in [4.69, 9.17) is 0 Å². The van der Waals surface area contributed by atoms with Gasteiger partial charge in [-0.05, 0) is 85.7 Å². The fourth-order valence-corrected chi connectivity index (χ4v) is 6.52. The Bertz CT molecular complexity index is 1300. The van der Waals surface area contributed by atoms with Crippen LogP contribution in [0.15, 0.2) is 54.7 Å². The van der Waals surface area contributed by atoms with Crippen molar-refractivity contribution in [2.75, 3.05) is 11.3 Å². The van der Waals surface area contributed by atoms with Crippen LogP contribution in [0.5, 0.6) is 0 Å². The van der Waals surface area contributed by atoms with Gasteiger partial charge in [0.15, 0.2) is 0 Å². The van der Waals surface area contributed by atoms with Crippen molar-refractivity contribution in [3.63, 3.8) is 0 Å². The number of benzene rings is 2. The number of alkyl halides is 3. The van der Waals surface area contributed by atoms with E-state index in [0.717, 1.165) is 53.6 Å². The summed E-state index contributed by atoms with van der Waals surface area (Å²) in [6.45, 7) is 0.376. The van der Waals surface area contributed by atoms with Gasteiger partial charge in [-0.2, -0.15) is 25.9 Å². The standard InChI is InChI=1S/C23H21F4N3O2S/c24-17-3-6-21-20(13-17)19(9-12-28-21)15-7-10-22(11-8-15)14-30(22)33(31,32)29-18-4-1-16(2-5-18)23(25,26)27/h1-6,9,12-13,15,29H,7-8,10-11,14H2. The number of nitrogens with zero attached hydrogens (tertiary/aromatic N) is 2. The predicted molar refractivity (Wildman–Crippen MR) is 116 cm³/mol. The number of fused-ring (bicyclic) bond motifs is 1. The van der Waals surface area contributed by atoms with Crippen LogP contribution >= 0.6 is 0 Å². The van der Waals surface area contributed by atoms with E-state index in [2.05, 4.69) is 9.71 Å². The highest BCUT2D eigenvalue weighted by atomic mass is 32.2. The zero-order valence-corrected chi connectivity index (χ0v) is 18.3. The Hall–Kier alpha value is -2.72. The van der Waals surface area contributed by atoms with Gasteiger partial charge < -0.3 is 0 Å². The van der Waals surface area contributed by atoms with Gasteiger partial charge in [-0.15, -0.1) is 0 Å². The van der Waals surface area contributed by atoms with E-state index in [1.165, 1.54) is 16.4 Å². The summed E-state index contributed by atoms with van der Waals surface area (Å²) in [5.74, 6) is -0.145. The molecule has 0 radical (unpaired) electrons. The minimum absolute atomic E-state index is 0.0871. The van der Waals surface area contributed by atoms with Gasteiger partial charge in [-0.25, -0.2) is 4.39 Å². The summed E-state index contributed by atoms with van der Waals surface area (Å²) in [6.07, 6.45) is 0.0487. The van der Waals surface area contributed by atoms with Crippen molar-refractivity contribution in [3.8, 4) is 0 Å². The first kappa shape index (κ1) is 22.1. The molecule has 5 nitrogen and oxygen atoms in total. The van der Waals surface area contributed by atoms with Crippen LogP contribution in [0.4, 0.5) is 23.2 Å². The van der Waals surface area contributed by atoms with Crippen molar-refractivity contribution in [2.45, 2.75) is 43.3 Å². The minimum Gasteiger partial charge on any atom is -0.271 e. The smallest absolute Gasteiger partial charge is 0.271 e.